The molecule has 0 aliphatic rings. The third kappa shape index (κ3) is 2.18. The fourth-order valence-electron chi connectivity index (χ4n) is 1.87. The van der Waals surface area contributed by atoms with Gasteiger partial charge in [0.2, 0.25) is 0 Å². The van der Waals surface area contributed by atoms with Crippen molar-refractivity contribution in [2.45, 2.75) is 0 Å². The largest absolute Gasteiger partial charge is 0.344 e. The van der Waals surface area contributed by atoms with Crippen molar-refractivity contribution in [3.8, 4) is 22.6 Å². The summed E-state index contributed by atoms with van der Waals surface area (Å²) in [5.74, 6) is 0.916. The van der Waals surface area contributed by atoms with Crippen LogP contribution in [0.5, 0.6) is 0 Å². The third-order valence-electron chi connectivity index (χ3n) is 2.78. The number of nitrogens with one attached hydrogen (secondary N) is 1. The molecule has 3 heteroatoms. The zero-order valence-corrected chi connectivity index (χ0v) is 11.8. The summed E-state index contributed by atoms with van der Waals surface area (Å²) in [7, 11) is 0. The van der Waals surface area contributed by atoms with Gasteiger partial charge in [0.25, 0.3) is 0 Å². The van der Waals surface area contributed by atoms with Crippen molar-refractivity contribution in [1.82, 2.24) is 9.97 Å². The topological polar surface area (TPSA) is 28.7 Å². The number of aromatic nitrogens is 2. The van der Waals surface area contributed by atoms with Crippen LogP contribution in [0.15, 0.2) is 60.8 Å². The first-order valence-corrected chi connectivity index (χ1v) is 6.78. The number of halogens is 1. The normalized spacial score (nSPS) is 10.5. The molecule has 1 heterocycles. The minimum absolute atomic E-state index is 0.916. The van der Waals surface area contributed by atoms with Crippen molar-refractivity contribution >= 4 is 22.6 Å². The van der Waals surface area contributed by atoms with Crippen molar-refractivity contribution in [1.29, 1.82) is 0 Å². The van der Waals surface area contributed by atoms with Gasteiger partial charge in [-0.25, -0.2) is 4.98 Å². The van der Waals surface area contributed by atoms with Gasteiger partial charge in [-0.3, -0.25) is 0 Å². The molecule has 0 fully saturated rings. The average molecular weight is 346 g/mol. The van der Waals surface area contributed by atoms with Gasteiger partial charge in [-0.05, 0) is 28.7 Å². The maximum atomic E-state index is 4.65. The molecule has 0 aliphatic carbocycles. The fraction of sp³-hybridized carbons (Fsp3) is 0. The fourth-order valence-corrected chi connectivity index (χ4v) is 2.51. The van der Waals surface area contributed by atoms with Crippen LogP contribution in [-0.2, 0) is 0 Å². The van der Waals surface area contributed by atoms with E-state index in [-0.39, 0.29) is 0 Å². The van der Waals surface area contributed by atoms with E-state index in [9.17, 15) is 0 Å². The quantitative estimate of drug-likeness (QED) is 0.687. The van der Waals surface area contributed by atoms with Gasteiger partial charge in [-0.2, -0.15) is 0 Å². The molecule has 3 rings (SSSR count). The Morgan fingerprint density at radius 2 is 1.61 bits per heavy atom. The molecular formula is C15H11IN2. The minimum atomic E-state index is 0.916. The highest BCUT2D eigenvalue weighted by Gasteiger charge is 2.07. The molecule has 0 bridgehead atoms. The van der Waals surface area contributed by atoms with Crippen molar-refractivity contribution in [3.05, 3.63) is 64.4 Å². The number of H-pyrrole nitrogens is 1. The van der Waals surface area contributed by atoms with E-state index < -0.39 is 0 Å². The van der Waals surface area contributed by atoms with Crippen LogP contribution in [0, 0.1) is 3.57 Å². The molecule has 0 spiro atoms. The SMILES string of the molecule is Ic1ccccc1-c1nc(-c2ccccc2)c[nH]1. The van der Waals surface area contributed by atoms with Crippen molar-refractivity contribution in [2.75, 3.05) is 0 Å². The lowest BCUT2D eigenvalue weighted by atomic mass is 10.2. The van der Waals surface area contributed by atoms with Crippen LogP contribution in [0.4, 0.5) is 0 Å². The van der Waals surface area contributed by atoms with E-state index in [1.807, 2.05) is 36.5 Å². The summed E-state index contributed by atoms with van der Waals surface area (Å²) in [6, 6.07) is 18.4. The minimum Gasteiger partial charge on any atom is -0.344 e. The molecule has 0 unspecified atom stereocenters. The summed E-state index contributed by atoms with van der Waals surface area (Å²) in [4.78, 5) is 7.90. The molecule has 88 valence electrons. The smallest absolute Gasteiger partial charge is 0.139 e. The van der Waals surface area contributed by atoms with Crippen LogP contribution in [0.1, 0.15) is 0 Å². The number of rotatable bonds is 2. The molecule has 18 heavy (non-hydrogen) atoms. The molecule has 3 aromatic rings. The lowest BCUT2D eigenvalue weighted by Crippen LogP contribution is -1.84. The second kappa shape index (κ2) is 4.94. The predicted molar refractivity (Wildman–Crippen MR) is 82.2 cm³/mol. The van der Waals surface area contributed by atoms with E-state index in [1.165, 1.54) is 3.57 Å². The molecule has 0 saturated heterocycles. The van der Waals surface area contributed by atoms with Gasteiger partial charge in [-0.1, -0.05) is 48.5 Å². The van der Waals surface area contributed by atoms with E-state index in [2.05, 4.69) is 56.8 Å². The van der Waals surface area contributed by atoms with E-state index >= 15 is 0 Å². The molecule has 0 aliphatic heterocycles. The lowest BCUT2D eigenvalue weighted by molar-refractivity contribution is 1.30. The van der Waals surface area contributed by atoms with E-state index in [1.54, 1.807) is 0 Å². The molecule has 0 saturated carbocycles. The number of hydrogen-bond acceptors (Lipinski definition) is 1. The highest BCUT2D eigenvalue weighted by atomic mass is 127. The Morgan fingerprint density at radius 3 is 2.39 bits per heavy atom. The molecule has 0 amide bonds. The second-order valence-corrected chi connectivity index (χ2v) is 5.14. The Labute approximate surface area is 119 Å². The summed E-state index contributed by atoms with van der Waals surface area (Å²) in [5.41, 5.74) is 3.25. The van der Waals surface area contributed by atoms with Crippen molar-refractivity contribution in [3.63, 3.8) is 0 Å². The standard InChI is InChI=1S/C15H11IN2/c16-13-9-5-4-8-12(13)15-17-10-14(18-15)11-6-2-1-3-7-11/h1-10H,(H,17,18). The molecule has 2 nitrogen and oxygen atoms in total. The Balaban J connectivity index is 2.03. The lowest BCUT2D eigenvalue weighted by Gasteiger charge is -1.99. The summed E-state index contributed by atoms with van der Waals surface area (Å²) < 4.78 is 1.20. The van der Waals surface area contributed by atoms with Crippen molar-refractivity contribution in [2.24, 2.45) is 0 Å². The molecule has 1 N–H and O–H groups in total. The Kier molecular flexibility index (Phi) is 3.15. The maximum Gasteiger partial charge on any atom is 0.139 e. The molecular weight excluding hydrogens is 335 g/mol. The number of hydrogen-bond donors (Lipinski definition) is 1. The first-order valence-electron chi connectivity index (χ1n) is 5.70. The van der Waals surface area contributed by atoms with Gasteiger partial charge in [0.15, 0.2) is 0 Å². The highest BCUT2D eigenvalue weighted by Crippen LogP contribution is 2.25. The third-order valence-corrected chi connectivity index (χ3v) is 3.72. The van der Waals surface area contributed by atoms with Crippen molar-refractivity contribution < 1.29 is 0 Å². The Bertz CT molecular complexity index is 659. The average Bonchev–Trinajstić information content (AvgIpc) is 2.90. The number of benzene rings is 2. The van der Waals surface area contributed by atoms with Gasteiger partial charge in [0.1, 0.15) is 5.82 Å². The first-order chi connectivity index (χ1) is 8.84. The van der Waals surface area contributed by atoms with Gasteiger partial charge in [-0.15, -0.1) is 0 Å². The Morgan fingerprint density at radius 1 is 0.889 bits per heavy atom. The second-order valence-electron chi connectivity index (χ2n) is 3.98. The summed E-state index contributed by atoms with van der Waals surface area (Å²) in [6.45, 7) is 0. The maximum absolute atomic E-state index is 4.65. The van der Waals surface area contributed by atoms with Crippen LogP contribution >= 0.6 is 22.6 Å². The predicted octanol–water partition coefficient (Wildman–Crippen LogP) is 4.35. The number of imidazole rings is 1. The first kappa shape index (κ1) is 11.5. The van der Waals surface area contributed by atoms with E-state index in [0.29, 0.717) is 0 Å². The van der Waals surface area contributed by atoms with E-state index in [4.69, 9.17) is 0 Å². The van der Waals surface area contributed by atoms with Crippen LogP contribution in [-0.4, -0.2) is 9.97 Å². The van der Waals surface area contributed by atoms with Crippen LogP contribution in [0.2, 0.25) is 0 Å². The van der Waals surface area contributed by atoms with Gasteiger partial charge < -0.3 is 4.98 Å². The zero-order valence-electron chi connectivity index (χ0n) is 9.60. The monoisotopic (exact) mass is 346 g/mol. The van der Waals surface area contributed by atoms with E-state index in [0.717, 1.165) is 22.6 Å². The Hall–Kier alpha value is -1.62. The van der Waals surface area contributed by atoms with Crippen LogP contribution in [0.25, 0.3) is 22.6 Å². The molecule has 0 atom stereocenters. The van der Waals surface area contributed by atoms with Crippen LogP contribution in [0.3, 0.4) is 0 Å². The van der Waals surface area contributed by atoms with Gasteiger partial charge in [0, 0.05) is 20.9 Å². The number of nitrogens with zero attached hydrogens (tertiary/aromatic N) is 1. The molecule has 2 aromatic carbocycles. The van der Waals surface area contributed by atoms with Crippen LogP contribution < -0.4 is 0 Å². The summed E-state index contributed by atoms with van der Waals surface area (Å²) in [5, 5.41) is 0. The number of aromatic amines is 1. The summed E-state index contributed by atoms with van der Waals surface area (Å²) >= 11 is 2.33. The molecule has 1 aromatic heterocycles. The van der Waals surface area contributed by atoms with Gasteiger partial charge in [0.05, 0.1) is 5.69 Å². The highest BCUT2D eigenvalue weighted by molar-refractivity contribution is 14.1. The molecule has 0 radical (unpaired) electrons. The van der Waals surface area contributed by atoms with Gasteiger partial charge >= 0.3 is 0 Å². The summed E-state index contributed by atoms with van der Waals surface area (Å²) in [6.07, 6.45) is 1.95. The zero-order chi connectivity index (χ0) is 12.4.